The Hall–Kier alpha value is -1.61. The zero-order chi connectivity index (χ0) is 19.1. The van der Waals surface area contributed by atoms with Gasteiger partial charge in [-0.2, -0.15) is 0 Å². The molecule has 0 bridgehead atoms. The normalized spacial score (nSPS) is 15.9. The number of carboxylic acids is 1. The van der Waals surface area contributed by atoms with E-state index in [9.17, 15) is 4.79 Å². The third-order valence-electron chi connectivity index (χ3n) is 1.99. The maximum atomic E-state index is 9.60. The lowest BCUT2D eigenvalue weighted by molar-refractivity contribution is -0.137. The summed E-state index contributed by atoms with van der Waals surface area (Å²) in [6, 6.07) is 0. The average Bonchev–Trinajstić information content (AvgIpc) is 3.17. The fraction of sp³-hybridized carbons (Fsp3) is 0.550. The van der Waals surface area contributed by atoms with Gasteiger partial charge in [-0.05, 0) is 40.0 Å². The lowest BCUT2D eigenvalue weighted by Gasteiger charge is -1.79. The van der Waals surface area contributed by atoms with Crippen LogP contribution in [0.4, 0.5) is 0 Å². The van der Waals surface area contributed by atoms with Gasteiger partial charge >= 0.3 is 5.97 Å². The lowest BCUT2D eigenvalue weighted by Crippen LogP contribution is -1.90. The number of carbonyl (C=O) groups is 1. The van der Waals surface area contributed by atoms with E-state index in [1.807, 2.05) is 32.9 Å². The van der Waals surface area contributed by atoms with Crippen LogP contribution in [0.3, 0.4) is 0 Å². The highest BCUT2D eigenvalue weighted by atomic mass is 16.6. The van der Waals surface area contributed by atoms with E-state index in [1.165, 1.54) is 0 Å². The van der Waals surface area contributed by atoms with E-state index < -0.39 is 5.97 Å². The molecule has 1 heterocycles. The van der Waals surface area contributed by atoms with E-state index >= 15 is 0 Å². The molecular formula is C20H38O3. The largest absolute Gasteiger partial charge is 0.481 e. The summed E-state index contributed by atoms with van der Waals surface area (Å²) in [4.78, 5) is 9.60. The Balaban J connectivity index is -0.000000104. The molecule has 1 saturated heterocycles. The van der Waals surface area contributed by atoms with Crippen LogP contribution >= 0.6 is 0 Å². The van der Waals surface area contributed by atoms with Crippen molar-refractivity contribution in [2.45, 2.75) is 72.5 Å². The Labute approximate surface area is 144 Å². The first kappa shape index (κ1) is 29.4. The standard InChI is InChI=1S/C6H10O.C4H8O2.C4H8.2C3H6/c1-3-4-6-5(2)7-6;1-2-3-4(5)6;1-3-4-2;2*1-3-2/h3,5-6H,1,4H2,2H3;2-3H2,1H3,(H,5,6);3H,1,4H2,2H3;2*3H,1H2,2H3/t5-,6+;;;;/m1..../s1. The molecule has 3 heteroatoms. The van der Waals surface area contributed by atoms with Crippen LogP contribution in [0.2, 0.25) is 0 Å². The topological polar surface area (TPSA) is 49.8 Å². The molecule has 1 aliphatic heterocycles. The molecule has 136 valence electrons. The van der Waals surface area contributed by atoms with Crippen LogP contribution in [0.1, 0.15) is 60.3 Å². The molecule has 0 unspecified atom stereocenters. The number of ether oxygens (including phenoxy) is 1. The van der Waals surface area contributed by atoms with Gasteiger partial charge in [-0.15, -0.1) is 26.3 Å². The van der Waals surface area contributed by atoms with Crippen LogP contribution in [0, 0.1) is 0 Å². The summed E-state index contributed by atoms with van der Waals surface area (Å²) in [5, 5.41) is 7.91. The molecule has 2 atom stereocenters. The summed E-state index contributed by atoms with van der Waals surface area (Å²) in [6.07, 6.45) is 11.4. The molecule has 0 aromatic carbocycles. The molecule has 0 aromatic heterocycles. The molecule has 0 radical (unpaired) electrons. The molecule has 1 aliphatic rings. The minimum atomic E-state index is -0.711. The van der Waals surface area contributed by atoms with E-state index in [0.29, 0.717) is 18.6 Å². The third-order valence-corrected chi connectivity index (χ3v) is 1.99. The smallest absolute Gasteiger partial charge is 0.303 e. The summed E-state index contributed by atoms with van der Waals surface area (Å²) < 4.78 is 5.09. The van der Waals surface area contributed by atoms with Crippen LogP contribution in [-0.4, -0.2) is 23.3 Å². The highest BCUT2D eigenvalue weighted by Crippen LogP contribution is 2.23. The summed E-state index contributed by atoms with van der Waals surface area (Å²) in [7, 11) is 0. The van der Waals surface area contributed by atoms with Crippen LogP contribution in [0.15, 0.2) is 50.6 Å². The Bertz CT molecular complexity index is 277. The Morgan fingerprint density at radius 3 is 1.48 bits per heavy atom. The molecular weight excluding hydrogens is 288 g/mol. The molecule has 0 spiro atoms. The number of hydrogen-bond donors (Lipinski definition) is 1. The fourth-order valence-corrected chi connectivity index (χ4v) is 0.856. The van der Waals surface area contributed by atoms with Crippen LogP contribution in [0.25, 0.3) is 0 Å². The molecule has 0 aliphatic carbocycles. The highest BCUT2D eigenvalue weighted by Gasteiger charge is 2.31. The van der Waals surface area contributed by atoms with Gasteiger partial charge in [0.1, 0.15) is 0 Å². The minimum absolute atomic E-state index is 0.292. The summed E-state index contributed by atoms with van der Waals surface area (Å²) >= 11 is 0. The predicted octanol–water partition coefficient (Wildman–Crippen LogP) is 6.19. The van der Waals surface area contributed by atoms with Crippen molar-refractivity contribution < 1.29 is 14.6 Å². The number of hydrogen-bond acceptors (Lipinski definition) is 2. The zero-order valence-electron chi connectivity index (χ0n) is 15.9. The van der Waals surface area contributed by atoms with Gasteiger partial charge in [-0.25, -0.2) is 0 Å². The van der Waals surface area contributed by atoms with Gasteiger partial charge in [-0.3, -0.25) is 4.79 Å². The van der Waals surface area contributed by atoms with Gasteiger partial charge in [0.2, 0.25) is 0 Å². The van der Waals surface area contributed by atoms with E-state index in [2.05, 4.69) is 40.2 Å². The van der Waals surface area contributed by atoms with Crippen molar-refractivity contribution in [3.8, 4) is 0 Å². The summed E-state index contributed by atoms with van der Waals surface area (Å²) in [6.45, 7) is 23.6. The predicted molar refractivity (Wildman–Crippen MR) is 104 cm³/mol. The van der Waals surface area contributed by atoms with Gasteiger partial charge in [-0.1, -0.05) is 38.2 Å². The summed E-state index contributed by atoms with van der Waals surface area (Å²) in [5.41, 5.74) is 0. The molecule has 0 aromatic rings. The van der Waals surface area contributed by atoms with Gasteiger partial charge in [0, 0.05) is 6.42 Å². The Morgan fingerprint density at radius 2 is 1.43 bits per heavy atom. The van der Waals surface area contributed by atoms with Crippen LogP contribution in [-0.2, 0) is 9.53 Å². The van der Waals surface area contributed by atoms with Gasteiger partial charge in [0.05, 0.1) is 12.2 Å². The maximum Gasteiger partial charge on any atom is 0.303 e. The van der Waals surface area contributed by atoms with E-state index in [0.717, 1.165) is 19.3 Å². The summed E-state index contributed by atoms with van der Waals surface area (Å²) in [5.74, 6) is -0.711. The van der Waals surface area contributed by atoms with Gasteiger partial charge in [0.15, 0.2) is 0 Å². The Morgan fingerprint density at radius 1 is 1.09 bits per heavy atom. The van der Waals surface area contributed by atoms with Crippen molar-refractivity contribution in [2.75, 3.05) is 0 Å². The molecule has 0 saturated carbocycles. The molecule has 1 rings (SSSR count). The SMILES string of the molecule is C=CC.C=CC.C=CCC.C=CC[C@@H]1O[C@@H]1C.CCCC(=O)O. The van der Waals surface area contributed by atoms with Crippen molar-refractivity contribution in [3.05, 3.63) is 50.6 Å². The minimum Gasteiger partial charge on any atom is -0.481 e. The highest BCUT2D eigenvalue weighted by molar-refractivity contribution is 5.66. The van der Waals surface area contributed by atoms with Crippen LogP contribution < -0.4 is 0 Å². The second-order valence-electron chi connectivity index (χ2n) is 4.56. The zero-order valence-corrected chi connectivity index (χ0v) is 15.9. The first-order chi connectivity index (χ1) is 10.9. The molecule has 1 N–H and O–H groups in total. The number of rotatable bonds is 5. The number of allylic oxidation sites excluding steroid dienone is 3. The molecule has 1 fully saturated rings. The van der Waals surface area contributed by atoms with Crippen molar-refractivity contribution in [2.24, 2.45) is 0 Å². The second kappa shape index (κ2) is 28.5. The van der Waals surface area contributed by atoms with Gasteiger partial charge in [0.25, 0.3) is 0 Å². The second-order valence-corrected chi connectivity index (χ2v) is 4.56. The first-order valence-electron chi connectivity index (χ1n) is 8.09. The van der Waals surface area contributed by atoms with Gasteiger partial charge < -0.3 is 9.84 Å². The molecule has 0 amide bonds. The quantitative estimate of drug-likeness (QED) is 0.484. The van der Waals surface area contributed by atoms with E-state index in [1.54, 1.807) is 12.2 Å². The molecule has 23 heavy (non-hydrogen) atoms. The Kier molecular flexibility index (Phi) is 36.5. The first-order valence-corrected chi connectivity index (χ1v) is 8.09. The fourth-order valence-electron chi connectivity index (χ4n) is 0.856. The maximum absolute atomic E-state index is 9.60. The lowest BCUT2D eigenvalue weighted by atomic mass is 10.2. The third kappa shape index (κ3) is 53.2. The van der Waals surface area contributed by atoms with Crippen molar-refractivity contribution >= 4 is 5.97 Å². The van der Waals surface area contributed by atoms with Crippen molar-refractivity contribution in [3.63, 3.8) is 0 Å². The number of carboxylic acid groups (broad SMARTS) is 1. The average molecular weight is 327 g/mol. The molecule has 3 nitrogen and oxygen atoms in total. The van der Waals surface area contributed by atoms with E-state index in [4.69, 9.17) is 9.84 Å². The van der Waals surface area contributed by atoms with E-state index in [-0.39, 0.29) is 0 Å². The number of epoxide rings is 1. The van der Waals surface area contributed by atoms with Crippen molar-refractivity contribution in [1.29, 1.82) is 0 Å². The van der Waals surface area contributed by atoms with Crippen molar-refractivity contribution in [1.82, 2.24) is 0 Å². The van der Waals surface area contributed by atoms with Crippen LogP contribution in [0.5, 0.6) is 0 Å². The monoisotopic (exact) mass is 326 g/mol. The number of aliphatic carboxylic acids is 1.